The molecule has 21 heavy (non-hydrogen) atoms. The average Bonchev–Trinajstić information content (AvgIpc) is 2.51. The highest BCUT2D eigenvalue weighted by Crippen LogP contribution is 2.31. The lowest BCUT2D eigenvalue weighted by molar-refractivity contribution is -0.134. The third-order valence-electron chi connectivity index (χ3n) is 4.90. The number of carbonyl (C=O) groups is 1. The zero-order chi connectivity index (χ0) is 14.8. The lowest BCUT2D eigenvalue weighted by Crippen LogP contribution is -2.48. The van der Waals surface area contributed by atoms with Gasteiger partial charge in [-0.15, -0.1) is 0 Å². The Balaban J connectivity index is 1.70. The van der Waals surface area contributed by atoms with Gasteiger partial charge in [-0.05, 0) is 31.6 Å². The van der Waals surface area contributed by atoms with E-state index in [2.05, 4.69) is 48.2 Å². The largest absolute Gasteiger partial charge is 0.340 e. The molecule has 0 aliphatic carbocycles. The normalized spacial score (nSPS) is 23.9. The maximum absolute atomic E-state index is 12.6. The van der Waals surface area contributed by atoms with E-state index in [4.69, 9.17) is 0 Å². The highest BCUT2D eigenvalue weighted by atomic mass is 16.2. The number of piperazine rings is 1. The second-order valence-electron chi connectivity index (χ2n) is 6.33. The summed E-state index contributed by atoms with van der Waals surface area (Å²) in [6, 6.07) is 8.82. The molecule has 3 rings (SSSR count). The van der Waals surface area contributed by atoms with Gasteiger partial charge in [0, 0.05) is 45.2 Å². The van der Waals surface area contributed by atoms with Gasteiger partial charge in [-0.2, -0.15) is 0 Å². The van der Waals surface area contributed by atoms with E-state index < -0.39 is 0 Å². The van der Waals surface area contributed by atoms with Gasteiger partial charge in [-0.25, -0.2) is 0 Å². The molecule has 1 saturated heterocycles. The number of benzene rings is 1. The summed E-state index contributed by atoms with van der Waals surface area (Å²) in [5, 5.41) is 0. The van der Waals surface area contributed by atoms with Crippen molar-refractivity contribution >= 4 is 5.91 Å². The molecule has 114 valence electrons. The molecule has 2 aliphatic heterocycles. The van der Waals surface area contributed by atoms with Gasteiger partial charge >= 0.3 is 0 Å². The molecule has 0 saturated carbocycles. The summed E-state index contributed by atoms with van der Waals surface area (Å²) < 4.78 is 0. The summed E-state index contributed by atoms with van der Waals surface area (Å²) in [6.07, 6.45) is 1.70. The highest BCUT2D eigenvalue weighted by Gasteiger charge is 2.29. The Kier molecular flexibility index (Phi) is 4.27. The summed E-state index contributed by atoms with van der Waals surface area (Å²) >= 11 is 0. The van der Waals surface area contributed by atoms with E-state index in [9.17, 15) is 4.79 Å². The smallest absolute Gasteiger partial charge is 0.224 e. The molecular formula is C17H25N3O. The fourth-order valence-electron chi connectivity index (χ4n) is 3.39. The molecular weight excluding hydrogens is 262 g/mol. The number of likely N-dealkylation sites (N-methyl/N-ethyl adjacent to an activating group) is 2. The first-order chi connectivity index (χ1) is 10.1. The van der Waals surface area contributed by atoms with Crippen molar-refractivity contribution < 1.29 is 4.79 Å². The number of fused-ring (bicyclic) bond motifs is 1. The topological polar surface area (TPSA) is 26.8 Å². The number of rotatable bonds is 2. The van der Waals surface area contributed by atoms with E-state index >= 15 is 0 Å². The van der Waals surface area contributed by atoms with Crippen LogP contribution in [0.25, 0.3) is 0 Å². The van der Waals surface area contributed by atoms with E-state index in [1.807, 2.05) is 4.90 Å². The molecule has 4 heteroatoms. The predicted molar refractivity (Wildman–Crippen MR) is 84.2 cm³/mol. The van der Waals surface area contributed by atoms with E-state index in [0.29, 0.717) is 12.3 Å². The molecule has 1 atom stereocenters. The summed E-state index contributed by atoms with van der Waals surface area (Å²) in [7, 11) is 4.25. The first kappa shape index (κ1) is 14.5. The molecule has 2 aliphatic rings. The Morgan fingerprint density at radius 2 is 1.81 bits per heavy atom. The van der Waals surface area contributed by atoms with Gasteiger partial charge in [0.1, 0.15) is 0 Å². The van der Waals surface area contributed by atoms with Gasteiger partial charge < -0.3 is 9.80 Å². The van der Waals surface area contributed by atoms with Crippen LogP contribution in [0.1, 0.15) is 23.6 Å². The third-order valence-corrected chi connectivity index (χ3v) is 4.90. The molecule has 1 fully saturated rings. The summed E-state index contributed by atoms with van der Waals surface area (Å²) in [6.45, 7) is 4.75. The molecule has 2 heterocycles. The Bertz CT molecular complexity index is 509. The van der Waals surface area contributed by atoms with E-state index in [0.717, 1.165) is 39.1 Å². The molecule has 0 spiro atoms. The predicted octanol–water partition coefficient (Wildman–Crippen LogP) is 1.38. The van der Waals surface area contributed by atoms with Crippen LogP contribution >= 0.6 is 0 Å². The zero-order valence-corrected chi connectivity index (χ0v) is 13.1. The Labute approximate surface area is 127 Å². The number of hydrogen-bond donors (Lipinski definition) is 0. The van der Waals surface area contributed by atoms with Crippen molar-refractivity contribution in [3.05, 3.63) is 35.4 Å². The average molecular weight is 287 g/mol. The van der Waals surface area contributed by atoms with Crippen molar-refractivity contribution in [1.82, 2.24) is 14.7 Å². The van der Waals surface area contributed by atoms with Crippen molar-refractivity contribution in [2.45, 2.75) is 18.9 Å². The van der Waals surface area contributed by atoms with Crippen LogP contribution < -0.4 is 0 Å². The molecule has 0 radical (unpaired) electrons. The maximum Gasteiger partial charge on any atom is 0.224 e. The van der Waals surface area contributed by atoms with Gasteiger partial charge in [0.05, 0.1) is 0 Å². The first-order valence-electron chi connectivity index (χ1n) is 7.89. The van der Waals surface area contributed by atoms with Gasteiger partial charge in [0.25, 0.3) is 0 Å². The maximum atomic E-state index is 12.6. The van der Waals surface area contributed by atoms with Gasteiger partial charge in [-0.3, -0.25) is 9.69 Å². The fourth-order valence-corrected chi connectivity index (χ4v) is 3.39. The van der Waals surface area contributed by atoms with Crippen molar-refractivity contribution in [2.24, 2.45) is 0 Å². The number of amides is 1. The van der Waals surface area contributed by atoms with Crippen molar-refractivity contribution in [3.63, 3.8) is 0 Å². The van der Waals surface area contributed by atoms with Crippen LogP contribution in [0.4, 0.5) is 0 Å². The van der Waals surface area contributed by atoms with Crippen LogP contribution in [-0.4, -0.2) is 67.4 Å². The highest BCUT2D eigenvalue weighted by molar-refractivity contribution is 5.77. The number of nitrogens with zero attached hydrogens (tertiary/aromatic N) is 3. The zero-order valence-electron chi connectivity index (χ0n) is 13.1. The van der Waals surface area contributed by atoms with Gasteiger partial charge in [0.2, 0.25) is 5.91 Å². The van der Waals surface area contributed by atoms with E-state index in [-0.39, 0.29) is 6.04 Å². The molecule has 0 bridgehead atoms. The van der Waals surface area contributed by atoms with Crippen LogP contribution in [0.15, 0.2) is 24.3 Å². The van der Waals surface area contributed by atoms with Crippen LogP contribution in [0.5, 0.6) is 0 Å². The molecule has 0 N–H and O–H groups in total. The lowest BCUT2D eigenvalue weighted by atomic mass is 9.91. The summed E-state index contributed by atoms with van der Waals surface area (Å²) in [5.41, 5.74) is 2.75. The number of carbonyl (C=O) groups excluding carboxylic acids is 1. The van der Waals surface area contributed by atoms with E-state index in [1.54, 1.807) is 0 Å². The van der Waals surface area contributed by atoms with Crippen molar-refractivity contribution in [1.29, 1.82) is 0 Å². The molecule has 1 aromatic rings. The van der Waals surface area contributed by atoms with Crippen LogP contribution in [0.2, 0.25) is 0 Å². The van der Waals surface area contributed by atoms with Crippen molar-refractivity contribution in [3.8, 4) is 0 Å². The summed E-state index contributed by atoms with van der Waals surface area (Å²) in [4.78, 5) is 19.3. The number of hydrogen-bond acceptors (Lipinski definition) is 3. The van der Waals surface area contributed by atoms with Crippen LogP contribution in [-0.2, 0) is 11.2 Å². The van der Waals surface area contributed by atoms with Gasteiger partial charge in [-0.1, -0.05) is 24.3 Å². The minimum atomic E-state index is 0.238. The van der Waals surface area contributed by atoms with Crippen molar-refractivity contribution in [2.75, 3.05) is 46.8 Å². The Morgan fingerprint density at radius 3 is 2.57 bits per heavy atom. The summed E-state index contributed by atoms with van der Waals surface area (Å²) in [5.74, 6) is 0.302. The third kappa shape index (κ3) is 3.11. The Hall–Kier alpha value is -1.39. The fraction of sp³-hybridized carbons (Fsp3) is 0.588. The molecule has 0 aromatic heterocycles. The molecule has 0 unspecified atom stereocenters. The van der Waals surface area contributed by atoms with Crippen LogP contribution in [0.3, 0.4) is 0 Å². The SMILES string of the molecule is CN1CCN(C(=O)C[C@@H]2c3ccccc3CCN2C)CC1. The monoisotopic (exact) mass is 287 g/mol. The minimum absolute atomic E-state index is 0.238. The van der Waals surface area contributed by atoms with Gasteiger partial charge in [0.15, 0.2) is 0 Å². The Morgan fingerprint density at radius 1 is 1.10 bits per heavy atom. The minimum Gasteiger partial charge on any atom is -0.340 e. The first-order valence-corrected chi connectivity index (χ1v) is 7.89. The van der Waals surface area contributed by atoms with E-state index in [1.165, 1.54) is 11.1 Å². The molecule has 1 amide bonds. The quantitative estimate of drug-likeness (QED) is 0.822. The second kappa shape index (κ2) is 6.16. The lowest BCUT2D eigenvalue weighted by Gasteiger charge is -2.37. The standard InChI is InChI=1S/C17H25N3O/c1-18-9-11-20(12-10-18)17(21)13-16-15-6-4-3-5-14(15)7-8-19(16)2/h3-6,16H,7-13H2,1-2H3/t16-/m1/s1. The second-order valence-corrected chi connectivity index (χ2v) is 6.33. The molecule has 4 nitrogen and oxygen atoms in total. The molecule has 1 aromatic carbocycles. The van der Waals surface area contributed by atoms with Crippen LogP contribution in [0, 0.1) is 0 Å².